The van der Waals surface area contributed by atoms with Gasteiger partial charge in [0.15, 0.2) is 0 Å². The van der Waals surface area contributed by atoms with Gasteiger partial charge in [-0.2, -0.15) is 0 Å². The van der Waals surface area contributed by atoms with Gasteiger partial charge in [-0.25, -0.2) is 0 Å². The molecule has 0 aromatic rings. The molecule has 0 aromatic carbocycles. The Kier molecular flexibility index (Phi) is 58.0. The Morgan fingerprint density at radius 3 is 1.04 bits per heavy atom. The third-order valence-corrected chi connectivity index (χ3v) is 14.4. The minimum Gasteiger partial charge on any atom is -0.466 e. The largest absolute Gasteiger partial charge is 0.466 e. The van der Waals surface area contributed by atoms with Gasteiger partial charge in [0.25, 0.3) is 0 Å². The summed E-state index contributed by atoms with van der Waals surface area (Å²) in [5.41, 5.74) is 0. The van der Waals surface area contributed by atoms with Crippen LogP contribution in [-0.2, 0) is 14.3 Å². The second-order valence-corrected chi connectivity index (χ2v) is 21.4. The number of hydrogen-bond donors (Lipinski definition) is 3. The molecule has 0 aliphatic rings. The zero-order valence-corrected chi connectivity index (χ0v) is 47.0. The number of carbonyl (C=O) groups excluding carboxylic acids is 2. The molecule has 0 fully saturated rings. The molecule has 0 aromatic heterocycles. The predicted molar refractivity (Wildman–Crippen MR) is 306 cm³/mol. The summed E-state index contributed by atoms with van der Waals surface area (Å²) in [5.74, 6) is -0.0636. The Hall–Kier alpha value is -1.92. The molecule has 0 aliphatic carbocycles. The van der Waals surface area contributed by atoms with E-state index < -0.39 is 12.1 Å². The standard InChI is InChI=1S/C64H121NO5/c1-3-5-7-9-11-13-15-17-33-36-40-44-48-52-56-62(67)61(60-66)65-63(68)57-53-49-45-41-37-34-31-29-27-25-23-21-19-18-20-22-24-26-28-30-32-35-39-43-47-51-55-59-70-64(69)58-54-50-46-42-38-16-14-12-10-8-6-4-2/h12,14,18-19,52,56,61-62,66-67H,3-11,13,15-17,20-51,53-55,57-60H2,1-2H3,(H,65,68)/b14-12-,19-18-,56-52+. The minimum absolute atomic E-state index is 0.00447. The second kappa shape index (κ2) is 59.6. The van der Waals surface area contributed by atoms with Gasteiger partial charge >= 0.3 is 5.97 Å². The van der Waals surface area contributed by atoms with Crippen LogP contribution in [0.15, 0.2) is 36.5 Å². The number of nitrogens with one attached hydrogen (secondary N) is 1. The number of allylic oxidation sites excluding steroid dienone is 5. The number of carbonyl (C=O) groups is 2. The first-order valence-electron chi connectivity index (χ1n) is 31.3. The van der Waals surface area contributed by atoms with Crippen molar-refractivity contribution in [1.82, 2.24) is 5.32 Å². The van der Waals surface area contributed by atoms with Gasteiger partial charge in [-0.3, -0.25) is 9.59 Å². The lowest BCUT2D eigenvalue weighted by molar-refractivity contribution is -0.143. The Labute approximate surface area is 436 Å². The molecule has 0 aliphatic heterocycles. The van der Waals surface area contributed by atoms with E-state index in [2.05, 4.69) is 43.5 Å². The first-order valence-corrected chi connectivity index (χ1v) is 31.3. The van der Waals surface area contributed by atoms with Gasteiger partial charge in [0.05, 0.1) is 25.4 Å². The highest BCUT2D eigenvalue weighted by atomic mass is 16.5. The molecule has 0 saturated heterocycles. The number of ether oxygens (including phenoxy) is 1. The second-order valence-electron chi connectivity index (χ2n) is 21.4. The molecule has 0 bridgehead atoms. The van der Waals surface area contributed by atoms with E-state index in [9.17, 15) is 19.8 Å². The van der Waals surface area contributed by atoms with Crippen molar-refractivity contribution in [3.63, 3.8) is 0 Å². The summed E-state index contributed by atoms with van der Waals surface area (Å²) in [4.78, 5) is 24.5. The summed E-state index contributed by atoms with van der Waals surface area (Å²) in [5, 5.41) is 23.1. The topological polar surface area (TPSA) is 95.9 Å². The molecule has 3 N–H and O–H groups in total. The zero-order valence-electron chi connectivity index (χ0n) is 47.0. The summed E-state index contributed by atoms with van der Waals surface area (Å²) in [7, 11) is 0. The Morgan fingerprint density at radius 1 is 0.386 bits per heavy atom. The number of aliphatic hydroxyl groups excluding tert-OH is 2. The molecule has 70 heavy (non-hydrogen) atoms. The molecule has 0 radical (unpaired) electrons. The number of rotatable bonds is 58. The smallest absolute Gasteiger partial charge is 0.305 e. The van der Waals surface area contributed by atoms with Gasteiger partial charge < -0.3 is 20.3 Å². The van der Waals surface area contributed by atoms with Crippen LogP contribution in [0.4, 0.5) is 0 Å². The molecule has 0 saturated carbocycles. The first-order chi connectivity index (χ1) is 34.5. The van der Waals surface area contributed by atoms with E-state index in [0.29, 0.717) is 19.4 Å². The van der Waals surface area contributed by atoms with Crippen molar-refractivity contribution in [3.05, 3.63) is 36.5 Å². The van der Waals surface area contributed by atoms with E-state index in [1.54, 1.807) is 6.08 Å². The quantitative estimate of drug-likeness (QED) is 0.0321. The zero-order chi connectivity index (χ0) is 50.7. The molecule has 2 atom stereocenters. The fourth-order valence-electron chi connectivity index (χ4n) is 9.57. The van der Waals surface area contributed by atoms with Gasteiger partial charge in [-0.15, -0.1) is 0 Å². The van der Waals surface area contributed by atoms with E-state index in [1.165, 1.54) is 263 Å². The van der Waals surface area contributed by atoms with E-state index >= 15 is 0 Å². The Morgan fingerprint density at radius 2 is 0.671 bits per heavy atom. The third kappa shape index (κ3) is 55.4. The molecule has 1 amide bonds. The lowest BCUT2D eigenvalue weighted by Crippen LogP contribution is -2.45. The maximum atomic E-state index is 12.5. The van der Waals surface area contributed by atoms with Crippen LogP contribution >= 0.6 is 0 Å². The number of hydrogen-bond acceptors (Lipinski definition) is 5. The van der Waals surface area contributed by atoms with Crippen molar-refractivity contribution in [3.8, 4) is 0 Å². The van der Waals surface area contributed by atoms with Crippen LogP contribution < -0.4 is 5.32 Å². The summed E-state index contributed by atoms with van der Waals surface area (Å²) in [6.45, 7) is 4.89. The van der Waals surface area contributed by atoms with Crippen LogP contribution in [0.5, 0.6) is 0 Å². The van der Waals surface area contributed by atoms with E-state index in [1.807, 2.05) is 6.08 Å². The fourth-order valence-corrected chi connectivity index (χ4v) is 9.57. The first kappa shape index (κ1) is 68.1. The SMILES string of the molecule is CCCCC/C=C\CCCCCCCC(=O)OCCCCCCCCCCCCCC/C=C\CCCCCCCCCCCCCC(=O)NC(CO)C(O)/C=C/CCCCCCCCCCCCCC. The molecule has 0 heterocycles. The maximum absolute atomic E-state index is 12.5. The molecule has 412 valence electrons. The number of aliphatic hydroxyl groups is 2. The van der Waals surface area contributed by atoms with Crippen LogP contribution in [0.25, 0.3) is 0 Å². The molecular weight excluding hydrogens is 863 g/mol. The van der Waals surface area contributed by atoms with Crippen molar-refractivity contribution in [1.29, 1.82) is 0 Å². The average molecular weight is 985 g/mol. The number of amides is 1. The Balaban J connectivity index is 3.40. The molecular formula is C64H121NO5. The Bertz CT molecular complexity index is 1130. The van der Waals surface area contributed by atoms with Gasteiger partial charge in [0.1, 0.15) is 0 Å². The highest BCUT2D eigenvalue weighted by Gasteiger charge is 2.18. The summed E-state index contributed by atoms with van der Waals surface area (Å²) in [6.07, 6.45) is 74.8. The molecule has 0 spiro atoms. The molecule has 2 unspecified atom stereocenters. The lowest BCUT2D eigenvalue weighted by atomic mass is 10.0. The van der Waals surface area contributed by atoms with Crippen molar-refractivity contribution < 1.29 is 24.5 Å². The lowest BCUT2D eigenvalue weighted by Gasteiger charge is -2.20. The van der Waals surface area contributed by atoms with Crippen LogP contribution in [0, 0.1) is 0 Å². The van der Waals surface area contributed by atoms with Gasteiger partial charge in [0.2, 0.25) is 5.91 Å². The van der Waals surface area contributed by atoms with Crippen molar-refractivity contribution in [2.24, 2.45) is 0 Å². The van der Waals surface area contributed by atoms with E-state index in [0.717, 1.165) is 44.9 Å². The average Bonchev–Trinajstić information content (AvgIpc) is 3.36. The van der Waals surface area contributed by atoms with E-state index in [4.69, 9.17) is 4.74 Å². The molecule has 0 rings (SSSR count). The van der Waals surface area contributed by atoms with Gasteiger partial charge in [-0.05, 0) is 83.5 Å². The maximum Gasteiger partial charge on any atom is 0.305 e. The summed E-state index contributed by atoms with van der Waals surface area (Å²) >= 11 is 0. The highest BCUT2D eigenvalue weighted by molar-refractivity contribution is 5.76. The summed E-state index contributed by atoms with van der Waals surface area (Å²) in [6, 6.07) is -0.628. The fraction of sp³-hybridized carbons (Fsp3) is 0.875. The predicted octanol–water partition coefficient (Wildman–Crippen LogP) is 19.6. The number of unbranched alkanes of at least 4 members (excludes halogenated alkanes) is 43. The third-order valence-electron chi connectivity index (χ3n) is 14.4. The van der Waals surface area contributed by atoms with Crippen LogP contribution in [0.3, 0.4) is 0 Å². The number of esters is 1. The van der Waals surface area contributed by atoms with Crippen LogP contribution in [-0.4, -0.2) is 47.4 Å². The molecule has 6 nitrogen and oxygen atoms in total. The van der Waals surface area contributed by atoms with Crippen LogP contribution in [0.2, 0.25) is 0 Å². The van der Waals surface area contributed by atoms with Gasteiger partial charge in [0, 0.05) is 12.8 Å². The molecule has 6 heteroatoms. The van der Waals surface area contributed by atoms with Gasteiger partial charge in [-0.1, -0.05) is 275 Å². The monoisotopic (exact) mass is 984 g/mol. The minimum atomic E-state index is -0.844. The van der Waals surface area contributed by atoms with E-state index in [-0.39, 0.29) is 18.5 Å². The summed E-state index contributed by atoms with van der Waals surface area (Å²) < 4.78 is 5.47. The van der Waals surface area contributed by atoms with Crippen molar-refractivity contribution >= 4 is 11.9 Å². The van der Waals surface area contributed by atoms with Crippen LogP contribution in [0.1, 0.15) is 335 Å². The normalized spacial score (nSPS) is 12.8. The van der Waals surface area contributed by atoms with Crippen molar-refractivity contribution in [2.45, 2.75) is 347 Å². The highest BCUT2D eigenvalue weighted by Crippen LogP contribution is 2.17. The van der Waals surface area contributed by atoms with Crippen molar-refractivity contribution in [2.75, 3.05) is 13.2 Å².